The highest BCUT2D eigenvalue weighted by Crippen LogP contribution is 2.14. The van der Waals surface area contributed by atoms with Gasteiger partial charge in [0, 0.05) is 5.56 Å². The van der Waals surface area contributed by atoms with E-state index in [1.54, 1.807) is 0 Å². The van der Waals surface area contributed by atoms with Crippen LogP contribution < -0.4 is 5.32 Å². The van der Waals surface area contributed by atoms with Gasteiger partial charge < -0.3 is 5.32 Å². The molecule has 0 fully saturated rings. The zero-order chi connectivity index (χ0) is 10.7. The molecule has 2 aromatic rings. The van der Waals surface area contributed by atoms with E-state index >= 15 is 0 Å². The van der Waals surface area contributed by atoms with Crippen molar-refractivity contribution < 1.29 is 0 Å². The molecule has 0 spiro atoms. The predicted octanol–water partition coefficient (Wildman–Crippen LogP) is 1.50. The maximum Gasteiger partial charge on any atom is 0.181 e. The van der Waals surface area contributed by atoms with Crippen molar-refractivity contribution in [3.05, 3.63) is 35.7 Å². The molecule has 0 aliphatic carbocycles. The average Bonchev–Trinajstić information content (AvgIpc) is 2.68. The minimum atomic E-state index is 0.707. The summed E-state index contributed by atoms with van der Waals surface area (Å²) in [6.45, 7) is 2.77. The van der Waals surface area contributed by atoms with Crippen LogP contribution >= 0.6 is 0 Å². The Morgan fingerprint density at radius 3 is 2.67 bits per heavy atom. The number of rotatable bonds is 3. The third-order valence-corrected chi connectivity index (χ3v) is 2.19. The van der Waals surface area contributed by atoms with Gasteiger partial charge in [-0.1, -0.05) is 29.8 Å². The van der Waals surface area contributed by atoms with Crippen molar-refractivity contribution in [1.82, 2.24) is 20.5 Å². The van der Waals surface area contributed by atoms with Crippen LogP contribution in [0.15, 0.2) is 24.3 Å². The number of aromatic amines is 1. The van der Waals surface area contributed by atoms with Crippen molar-refractivity contribution in [2.24, 2.45) is 0 Å². The van der Waals surface area contributed by atoms with Gasteiger partial charge in [-0.2, -0.15) is 5.10 Å². The summed E-state index contributed by atoms with van der Waals surface area (Å²) in [5.41, 5.74) is 2.28. The van der Waals surface area contributed by atoms with E-state index in [1.165, 1.54) is 5.56 Å². The maximum atomic E-state index is 4.37. The molecule has 0 saturated heterocycles. The molecule has 78 valence electrons. The van der Waals surface area contributed by atoms with Gasteiger partial charge in [0.1, 0.15) is 5.82 Å². The predicted molar refractivity (Wildman–Crippen MR) is 59.3 cm³/mol. The highest BCUT2D eigenvalue weighted by molar-refractivity contribution is 5.54. The molecule has 2 rings (SSSR count). The number of nitrogens with one attached hydrogen (secondary N) is 2. The van der Waals surface area contributed by atoms with Gasteiger partial charge >= 0.3 is 0 Å². The van der Waals surface area contributed by atoms with Crippen LogP contribution in [-0.2, 0) is 6.54 Å². The molecular weight excluding hydrogens is 188 g/mol. The zero-order valence-electron chi connectivity index (χ0n) is 8.91. The van der Waals surface area contributed by atoms with E-state index in [0.717, 1.165) is 17.2 Å². The minimum Gasteiger partial charge on any atom is -0.313 e. The largest absolute Gasteiger partial charge is 0.313 e. The summed E-state index contributed by atoms with van der Waals surface area (Å²) in [4.78, 5) is 4.37. The molecule has 4 heteroatoms. The number of aryl methyl sites for hydroxylation is 1. The van der Waals surface area contributed by atoms with Gasteiger partial charge in [0.2, 0.25) is 0 Å². The van der Waals surface area contributed by atoms with Crippen molar-refractivity contribution in [3.63, 3.8) is 0 Å². The number of benzene rings is 1. The Kier molecular flexibility index (Phi) is 2.78. The summed E-state index contributed by atoms with van der Waals surface area (Å²) in [6, 6.07) is 8.18. The maximum absolute atomic E-state index is 4.37. The number of H-pyrrole nitrogens is 1. The summed E-state index contributed by atoms with van der Waals surface area (Å²) < 4.78 is 0. The van der Waals surface area contributed by atoms with E-state index in [2.05, 4.69) is 39.6 Å². The van der Waals surface area contributed by atoms with Crippen molar-refractivity contribution in [3.8, 4) is 11.4 Å². The molecule has 1 heterocycles. The van der Waals surface area contributed by atoms with E-state index < -0.39 is 0 Å². The van der Waals surface area contributed by atoms with Gasteiger partial charge in [0.15, 0.2) is 5.82 Å². The van der Waals surface area contributed by atoms with Crippen LogP contribution in [0.5, 0.6) is 0 Å². The van der Waals surface area contributed by atoms with Crippen molar-refractivity contribution in [1.29, 1.82) is 0 Å². The van der Waals surface area contributed by atoms with Gasteiger partial charge in [-0.3, -0.25) is 5.10 Å². The zero-order valence-corrected chi connectivity index (χ0v) is 8.91. The van der Waals surface area contributed by atoms with E-state index in [0.29, 0.717) is 6.54 Å². The summed E-state index contributed by atoms with van der Waals surface area (Å²) >= 11 is 0. The number of aromatic nitrogens is 3. The van der Waals surface area contributed by atoms with Gasteiger partial charge in [-0.05, 0) is 14.0 Å². The molecule has 0 aliphatic rings. The molecule has 0 aliphatic heterocycles. The summed E-state index contributed by atoms with van der Waals surface area (Å²) in [7, 11) is 1.88. The van der Waals surface area contributed by atoms with Crippen molar-refractivity contribution in [2.75, 3.05) is 7.05 Å². The Morgan fingerprint density at radius 1 is 1.27 bits per heavy atom. The molecule has 2 N–H and O–H groups in total. The Hall–Kier alpha value is -1.68. The lowest BCUT2D eigenvalue weighted by atomic mass is 10.1. The topological polar surface area (TPSA) is 53.6 Å². The summed E-state index contributed by atoms with van der Waals surface area (Å²) in [5.74, 6) is 1.60. The van der Waals surface area contributed by atoms with Gasteiger partial charge in [0.05, 0.1) is 6.54 Å². The second-order valence-electron chi connectivity index (χ2n) is 3.50. The molecule has 15 heavy (non-hydrogen) atoms. The normalized spacial score (nSPS) is 10.5. The molecule has 0 unspecified atom stereocenters. The lowest BCUT2D eigenvalue weighted by molar-refractivity contribution is 0.763. The van der Waals surface area contributed by atoms with Gasteiger partial charge in [0.25, 0.3) is 0 Å². The highest BCUT2D eigenvalue weighted by Gasteiger charge is 2.04. The first-order valence-corrected chi connectivity index (χ1v) is 4.92. The summed E-state index contributed by atoms with van der Waals surface area (Å²) in [5, 5.41) is 10.1. The fourth-order valence-corrected chi connectivity index (χ4v) is 1.37. The first-order valence-electron chi connectivity index (χ1n) is 4.92. The lowest BCUT2D eigenvalue weighted by Crippen LogP contribution is -2.06. The van der Waals surface area contributed by atoms with Crippen LogP contribution in [-0.4, -0.2) is 22.2 Å². The smallest absolute Gasteiger partial charge is 0.181 e. The number of hydrogen-bond acceptors (Lipinski definition) is 3. The molecule has 0 bridgehead atoms. The van der Waals surface area contributed by atoms with Gasteiger partial charge in [-0.15, -0.1) is 0 Å². The van der Waals surface area contributed by atoms with Crippen LogP contribution in [0, 0.1) is 6.92 Å². The third kappa shape index (κ3) is 2.22. The summed E-state index contributed by atoms with van der Waals surface area (Å²) in [6.07, 6.45) is 0. The molecule has 0 atom stereocenters. The van der Waals surface area contributed by atoms with Crippen LogP contribution in [0.25, 0.3) is 11.4 Å². The monoisotopic (exact) mass is 202 g/mol. The first kappa shape index (κ1) is 9.86. The second-order valence-corrected chi connectivity index (χ2v) is 3.50. The second kappa shape index (κ2) is 4.23. The first-order chi connectivity index (χ1) is 7.29. The van der Waals surface area contributed by atoms with E-state index in [4.69, 9.17) is 0 Å². The molecule has 1 aromatic heterocycles. The molecule has 4 nitrogen and oxygen atoms in total. The van der Waals surface area contributed by atoms with E-state index in [1.807, 2.05) is 19.2 Å². The quantitative estimate of drug-likeness (QED) is 0.793. The van der Waals surface area contributed by atoms with Gasteiger partial charge in [-0.25, -0.2) is 4.98 Å². The lowest BCUT2D eigenvalue weighted by Gasteiger charge is -1.95. The SMILES string of the molecule is CNCc1nc(-c2ccc(C)cc2)n[nH]1. The Bertz CT molecular complexity index is 430. The minimum absolute atomic E-state index is 0.707. The van der Waals surface area contributed by atoms with Crippen LogP contribution in [0.1, 0.15) is 11.4 Å². The Morgan fingerprint density at radius 2 is 2.00 bits per heavy atom. The van der Waals surface area contributed by atoms with Crippen molar-refractivity contribution in [2.45, 2.75) is 13.5 Å². The van der Waals surface area contributed by atoms with Crippen LogP contribution in [0.2, 0.25) is 0 Å². The fourth-order valence-electron chi connectivity index (χ4n) is 1.37. The molecule has 0 amide bonds. The van der Waals surface area contributed by atoms with Crippen LogP contribution in [0.3, 0.4) is 0 Å². The fraction of sp³-hybridized carbons (Fsp3) is 0.273. The molecule has 0 saturated carbocycles. The number of hydrogen-bond donors (Lipinski definition) is 2. The highest BCUT2D eigenvalue weighted by atomic mass is 15.2. The third-order valence-electron chi connectivity index (χ3n) is 2.19. The number of nitrogens with zero attached hydrogens (tertiary/aromatic N) is 2. The molecule has 1 aromatic carbocycles. The Labute approximate surface area is 88.8 Å². The standard InChI is InChI=1S/C11H14N4/c1-8-3-5-9(6-4-8)11-13-10(7-12-2)14-15-11/h3-6,12H,7H2,1-2H3,(H,13,14,15). The van der Waals surface area contributed by atoms with E-state index in [9.17, 15) is 0 Å². The van der Waals surface area contributed by atoms with Crippen molar-refractivity contribution >= 4 is 0 Å². The molecular formula is C11H14N4. The average molecular weight is 202 g/mol. The molecule has 0 radical (unpaired) electrons. The van der Waals surface area contributed by atoms with E-state index in [-0.39, 0.29) is 0 Å². The Balaban J connectivity index is 2.25. The van der Waals surface area contributed by atoms with Crippen LogP contribution in [0.4, 0.5) is 0 Å².